The molecule has 11 heavy (non-hydrogen) atoms. The van der Waals surface area contributed by atoms with Crippen molar-refractivity contribution >= 4 is 0 Å². The van der Waals surface area contributed by atoms with Gasteiger partial charge in [0.1, 0.15) is 12.5 Å². The molecule has 0 spiro atoms. The summed E-state index contributed by atoms with van der Waals surface area (Å²) < 4.78 is 10.2. The predicted octanol–water partition coefficient (Wildman–Crippen LogP) is 0.0175. The van der Waals surface area contributed by atoms with E-state index in [2.05, 4.69) is 0 Å². The molecule has 4 heteroatoms. The fourth-order valence-corrected chi connectivity index (χ4v) is 0.679. The number of hydrogen-bond acceptors (Lipinski definition) is 4. The fourth-order valence-electron chi connectivity index (χ4n) is 0.679. The third-order valence-corrected chi connectivity index (χ3v) is 1.11. The lowest BCUT2D eigenvalue weighted by Crippen LogP contribution is -2.46. The van der Waals surface area contributed by atoms with Crippen molar-refractivity contribution in [1.82, 2.24) is 0 Å². The number of hydrogen-bond donors (Lipinski definition) is 2. The van der Waals surface area contributed by atoms with Gasteiger partial charge in [0.05, 0.1) is 6.10 Å². The summed E-state index contributed by atoms with van der Waals surface area (Å²) in [4.78, 5) is 0. The normalized spacial score (nSPS) is 16.9. The maximum atomic E-state index is 5.53. The molecule has 0 rings (SSSR count). The summed E-state index contributed by atoms with van der Waals surface area (Å²) in [5.74, 6) is 0. The molecule has 2 atom stereocenters. The zero-order valence-corrected chi connectivity index (χ0v) is 7.41. The second-order valence-corrected chi connectivity index (χ2v) is 2.57. The number of nitrogens with two attached hydrogens (primary N) is 2. The molecule has 0 radical (unpaired) electrons. The first-order chi connectivity index (χ1) is 5.07. The average Bonchev–Trinajstić information content (AvgIpc) is 1.86. The summed E-state index contributed by atoms with van der Waals surface area (Å²) in [5.41, 5.74) is 11.0. The Balaban J connectivity index is 3.54. The Morgan fingerprint density at radius 2 is 1.73 bits per heavy atom. The smallest absolute Gasteiger partial charge is 0.145 e. The van der Waals surface area contributed by atoms with Crippen molar-refractivity contribution in [3.8, 4) is 0 Å². The van der Waals surface area contributed by atoms with Crippen LogP contribution in [0.1, 0.15) is 20.8 Å². The van der Waals surface area contributed by atoms with E-state index in [4.69, 9.17) is 20.9 Å². The van der Waals surface area contributed by atoms with E-state index in [1.807, 2.05) is 20.8 Å². The van der Waals surface area contributed by atoms with Crippen molar-refractivity contribution < 1.29 is 9.47 Å². The third kappa shape index (κ3) is 5.15. The first-order valence-corrected chi connectivity index (χ1v) is 3.86. The van der Waals surface area contributed by atoms with Crippen molar-refractivity contribution in [2.45, 2.75) is 39.3 Å². The molecule has 4 N–H and O–H groups in total. The van der Waals surface area contributed by atoms with Crippen molar-refractivity contribution in [3.05, 3.63) is 0 Å². The van der Waals surface area contributed by atoms with Crippen LogP contribution < -0.4 is 11.5 Å². The highest BCUT2D eigenvalue weighted by molar-refractivity contribution is 4.57. The van der Waals surface area contributed by atoms with E-state index in [1.54, 1.807) is 0 Å². The molecule has 0 heterocycles. The van der Waals surface area contributed by atoms with Gasteiger partial charge in [-0.25, -0.2) is 0 Å². The SMILES string of the molecule is CCOC(N)C(N)OC(C)C. The van der Waals surface area contributed by atoms with Crippen LogP contribution in [0.2, 0.25) is 0 Å². The van der Waals surface area contributed by atoms with Gasteiger partial charge in [0.15, 0.2) is 0 Å². The summed E-state index contributed by atoms with van der Waals surface area (Å²) in [6.45, 7) is 6.22. The molecule has 0 aromatic carbocycles. The van der Waals surface area contributed by atoms with Crippen LogP contribution in [0.4, 0.5) is 0 Å². The summed E-state index contributed by atoms with van der Waals surface area (Å²) in [5, 5.41) is 0. The van der Waals surface area contributed by atoms with E-state index in [0.717, 1.165) is 0 Å². The average molecular weight is 162 g/mol. The summed E-state index contributed by atoms with van der Waals surface area (Å²) in [6.07, 6.45) is -0.978. The van der Waals surface area contributed by atoms with Crippen molar-refractivity contribution in [2.24, 2.45) is 11.5 Å². The van der Waals surface area contributed by atoms with Crippen LogP contribution in [0.3, 0.4) is 0 Å². The van der Waals surface area contributed by atoms with E-state index in [0.29, 0.717) is 6.61 Å². The van der Waals surface area contributed by atoms with E-state index in [-0.39, 0.29) is 6.10 Å². The molecule has 0 bridgehead atoms. The highest BCUT2D eigenvalue weighted by Gasteiger charge is 2.14. The summed E-state index contributed by atoms with van der Waals surface area (Å²) >= 11 is 0. The molecule has 0 saturated carbocycles. The Labute approximate surface area is 67.8 Å². The quantitative estimate of drug-likeness (QED) is 0.559. The molecule has 0 aromatic heterocycles. The van der Waals surface area contributed by atoms with Crippen LogP contribution in [-0.2, 0) is 9.47 Å². The van der Waals surface area contributed by atoms with E-state index >= 15 is 0 Å². The van der Waals surface area contributed by atoms with Crippen molar-refractivity contribution in [3.63, 3.8) is 0 Å². The zero-order chi connectivity index (χ0) is 8.85. The van der Waals surface area contributed by atoms with E-state index in [9.17, 15) is 0 Å². The molecule has 0 aliphatic carbocycles. The molecule has 2 unspecified atom stereocenters. The lowest BCUT2D eigenvalue weighted by molar-refractivity contribution is -0.0851. The lowest BCUT2D eigenvalue weighted by Gasteiger charge is -2.21. The molecule has 0 saturated heterocycles. The summed E-state index contributed by atoms with van der Waals surface area (Å²) in [6, 6.07) is 0. The predicted molar refractivity (Wildman–Crippen MR) is 43.8 cm³/mol. The Morgan fingerprint density at radius 3 is 2.09 bits per heavy atom. The highest BCUT2D eigenvalue weighted by Crippen LogP contribution is 1.96. The number of ether oxygens (including phenoxy) is 2. The topological polar surface area (TPSA) is 70.5 Å². The minimum atomic E-state index is -0.532. The standard InChI is InChI=1S/C7H18N2O2/c1-4-10-6(8)7(9)11-5(2)3/h5-7H,4,8-9H2,1-3H3. The van der Waals surface area contributed by atoms with Crippen LogP contribution in [-0.4, -0.2) is 25.2 Å². The molecule has 0 aromatic rings. The minimum absolute atomic E-state index is 0.0801. The maximum absolute atomic E-state index is 5.53. The van der Waals surface area contributed by atoms with Crippen molar-refractivity contribution in [2.75, 3.05) is 6.61 Å². The molecule has 0 fully saturated rings. The van der Waals surface area contributed by atoms with Gasteiger partial charge in [0.2, 0.25) is 0 Å². The third-order valence-electron chi connectivity index (χ3n) is 1.11. The van der Waals surface area contributed by atoms with Gasteiger partial charge >= 0.3 is 0 Å². The maximum Gasteiger partial charge on any atom is 0.145 e. The van der Waals surface area contributed by atoms with Gasteiger partial charge in [-0.05, 0) is 20.8 Å². The van der Waals surface area contributed by atoms with Crippen LogP contribution in [0.15, 0.2) is 0 Å². The molecule has 0 amide bonds. The summed E-state index contributed by atoms with van der Waals surface area (Å²) in [7, 11) is 0. The zero-order valence-electron chi connectivity index (χ0n) is 7.41. The van der Waals surface area contributed by atoms with Crippen molar-refractivity contribution in [1.29, 1.82) is 0 Å². The van der Waals surface area contributed by atoms with Gasteiger partial charge in [-0.3, -0.25) is 0 Å². The van der Waals surface area contributed by atoms with Crippen LogP contribution in [0.5, 0.6) is 0 Å². The first kappa shape index (κ1) is 10.8. The number of rotatable bonds is 5. The second kappa shape index (κ2) is 5.49. The first-order valence-electron chi connectivity index (χ1n) is 3.86. The van der Waals surface area contributed by atoms with Gasteiger partial charge in [-0.1, -0.05) is 0 Å². The van der Waals surface area contributed by atoms with Gasteiger partial charge in [0.25, 0.3) is 0 Å². The molecule has 4 nitrogen and oxygen atoms in total. The Kier molecular flexibility index (Phi) is 5.41. The molecular formula is C7H18N2O2. The van der Waals surface area contributed by atoms with Crippen LogP contribution in [0.25, 0.3) is 0 Å². The monoisotopic (exact) mass is 162 g/mol. The molecular weight excluding hydrogens is 144 g/mol. The van der Waals surface area contributed by atoms with Gasteiger partial charge in [-0.15, -0.1) is 0 Å². The van der Waals surface area contributed by atoms with Crippen LogP contribution in [0, 0.1) is 0 Å². The Morgan fingerprint density at radius 1 is 1.18 bits per heavy atom. The van der Waals surface area contributed by atoms with Gasteiger partial charge in [-0.2, -0.15) is 0 Å². The van der Waals surface area contributed by atoms with E-state index in [1.165, 1.54) is 0 Å². The Bertz CT molecular complexity index is 98.4. The molecule has 0 aliphatic heterocycles. The highest BCUT2D eigenvalue weighted by atomic mass is 16.6. The van der Waals surface area contributed by atoms with Gasteiger partial charge < -0.3 is 20.9 Å². The van der Waals surface area contributed by atoms with Gasteiger partial charge in [0, 0.05) is 6.61 Å². The minimum Gasteiger partial charge on any atom is -0.360 e. The largest absolute Gasteiger partial charge is 0.360 e. The van der Waals surface area contributed by atoms with E-state index < -0.39 is 12.5 Å². The fraction of sp³-hybridized carbons (Fsp3) is 1.00. The molecule has 68 valence electrons. The lowest BCUT2D eigenvalue weighted by atomic mass is 10.4. The molecule has 0 aliphatic rings. The second-order valence-electron chi connectivity index (χ2n) is 2.57. The Hall–Kier alpha value is -0.160. The van der Waals surface area contributed by atoms with Crippen LogP contribution >= 0.6 is 0 Å².